The zero-order valence-electron chi connectivity index (χ0n) is 17.4. The van der Waals surface area contributed by atoms with Gasteiger partial charge in [-0.3, -0.25) is 14.8 Å². The number of fused-ring (bicyclic) bond motifs is 2. The molecule has 1 aromatic heterocycles. The van der Waals surface area contributed by atoms with Gasteiger partial charge in [-0.05, 0) is 50.3 Å². The molecule has 1 saturated carbocycles. The third kappa shape index (κ3) is 3.87. The number of hydrogen-bond acceptors (Lipinski definition) is 4. The number of H-pyrrole nitrogens is 1. The molecule has 6 nitrogen and oxygen atoms in total. The van der Waals surface area contributed by atoms with Crippen LogP contribution in [0.25, 0.3) is 10.9 Å². The second kappa shape index (κ2) is 8.34. The number of carbonyl (C=O) groups is 1. The molecular weight excluding hydrogens is 362 g/mol. The number of likely N-dealkylation sites (tertiary alicyclic amines) is 1. The predicted octanol–water partition coefficient (Wildman–Crippen LogP) is 3.26. The summed E-state index contributed by atoms with van der Waals surface area (Å²) in [6.07, 6.45) is 8.27. The first-order valence-corrected chi connectivity index (χ1v) is 11.5. The third-order valence-corrected chi connectivity index (χ3v) is 7.27. The Morgan fingerprint density at radius 1 is 1.00 bits per heavy atom. The summed E-state index contributed by atoms with van der Waals surface area (Å²) in [6.45, 7) is 6.36. The predicted molar refractivity (Wildman–Crippen MR) is 116 cm³/mol. The first-order valence-electron chi connectivity index (χ1n) is 11.5. The van der Waals surface area contributed by atoms with E-state index in [0.29, 0.717) is 17.9 Å². The fraction of sp³-hybridized carbons (Fsp3) is 0.652. The molecular formula is C23H33N5O. The summed E-state index contributed by atoms with van der Waals surface area (Å²) in [5.41, 5.74) is 1.11. The Kier molecular flexibility index (Phi) is 5.44. The molecule has 3 heterocycles. The van der Waals surface area contributed by atoms with E-state index in [1.54, 1.807) is 0 Å². The molecule has 3 aliphatic rings. The summed E-state index contributed by atoms with van der Waals surface area (Å²) in [7, 11) is 0. The van der Waals surface area contributed by atoms with Crippen LogP contribution in [0.4, 0.5) is 5.82 Å². The van der Waals surface area contributed by atoms with Gasteiger partial charge in [-0.25, -0.2) is 0 Å². The van der Waals surface area contributed by atoms with Crippen LogP contribution in [0, 0.1) is 5.92 Å². The molecule has 1 N–H and O–H groups in total. The van der Waals surface area contributed by atoms with E-state index in [-0.39, 0.29) is 0 Å². The number of carbonyl (C=O) groups excluding carboxylic acids is 1. The molecule has 1 amide bonds. The molecule has 1 aromatic carbocycles. The lowest BCUT2D eigenvalue weighted by Crippen LogP contribution is -2.47. The highest BCUT2D eigenvalue weighted by atomic mass is 16.2. The van der Waals surface area contributed by atoms with Crippen LogP contribution in [0.1, 0.15) is 44.9 Å². The van der Waals surface area contributed by atoms with E-state index in [9.17, 15) is 4.79 Å². The molecule has 0 bridgehead atoms. The van der Waals surface area contributed by atoms with Gasteiger partial charge in [-0.15, -0.1) is 0 Å². The smallest absolute Gasteiger partial charge is 0.223 e. The van der Waals surface area contributed by atoms with E-state index in [0.717, 1.165) is 63.4 Å². The fourth-order valence-corrected chi connectivity index (χ4v) is 5.64. The molecule has 3 fully saturated rings. The zero-order valence-corrected chi connectivity index (χ0v) is 17.4. The average molecular weight is 396 g/mol. The quantitative estimate of drug-likeness (QED) is 0.763. The SMILES string of the molecule is O=C1CC2CCCCC2N1CCCCN1CCN(c2n[nH]c3ccccc23)CC1. The number of para-hydroxylation sites is 1. The minimum absolute atomic E-state index is 0.418. The molecule has 2 unspecified atom stereocenters. The van der Waals surface area contributed by atoms with Crippen LogP contribution in [0.3, 0.4) is 0 Å². The van der Waals surface area contributed by atoms with Crippen molar-refractivity contribution in [3.05, 3.63) is 24.3 Å². The standard InChI is InChI=1S/C23H33N5O/c29-22-17-18-7-1-4-10-21(18)28(22)12-6-5-11-26-13-15-27(16-14-26)23-19-8-2-3-9-20(19)24-25-23/h2-3,8-9,18,21H,1,4-7,10-17H2,(H,24,25). The second-order valence-corrected chi connectivity index (χ2v) is 9.03. The zero-order chi connectivity index (χ0) is 19.6. The van der Waals surface area contributed by atoms with Crippen LogP contribution in [0.2, 0.25) is 0 Å². The highest BCUT2D eigenvalue weighted by molar-refractivity contribution is 5.90. The first-order chi connectivity index (χ1) is 14.3. The Morgan fingerprint density at radius 3 is 2.69 bits per heavy atom. The van der Waals surface area contributed by atoms with Crippen molar-refractivity contribution in [1.29, 1.82) is 0 Å². The van der Waals surface area contributed by atoms with Gasteiger partial charge in [0, 0.05) is 50.6 Å². The minimum Gasteiger partial charge on any atom is -0.352 e. The monoisotopic (exact) mass is 395 g/mol. The molecule has 2 aliphatic heterocycles. The number of piperazine rings is 1. The molecule has 2 saturated heterocycles. The van der Waals surface area contributed by atoms with E-state index in [2.05, 4.69) is 43.1 Å². The van der Waals surface area contributed by atoms with Gasteiger partial charge in [-0.2, -0.15) is 5.10 Å². The van der Waals surface area contributed by atoms with Crippen LogP contribution in [-0.4, -0.2) is 71.2 Å². The molecule has 0 spiro atoms. The highest BCUT2D eigenvalue weighted by Gasteiger charge is 2.40. The first kappa shape index (κ1) is 18.9. The van der Waals surface area contributed by atoms with Crippen LogP contribution >= 0.6 is 0 Å². The molecule has 29 heavy (non-hydrogen) atoms. The summed E-state index contributed by atoms with van der Waals surface area (Å²) in [4.78, 5) is 19.6. The van der Waals surface area contributed by atoms with Crippen molar-refractivity contribution < 1.29 is 4.79 Å². The van der Waals surface area contributed by atoms with E-state index >= 15 is 0 Å². The number of amides is 1. The number of hydrogen-bond donors (Lipinski definition) is 1. The number of nitrogens with zero attached hydrogens (tertiary/aromatic N) is 4. The summed E-state index contributed by atoms with van der Waals surface area (Å²) in [6, 6.07) is 8.92. The topological polar surface area (TPSA) is 55.5 Å². The number of aromatic nitrogens is 2. The van der Waals surface area contributed by atoms with Crippen LogP contribution in [-0.2, 0) is 4.79 Å². The molecule has 6 heteroatoms. The summed E-state index contributed by atoms with van der Waals surface area (Å²) in [5.74, 6) is 2.17. The molecule has 5 rings (SSSR count). The second-order valence-electron chi connectivity index (χ2n) is 9.03. The van der Waals surface area contributed by atoms with Crippen molar-refractivity contribution in [2.24, 2.45) is 5.92 Å². The van der Waals surface area contributed by atoms with Gasteiger partial charge in [0.2, 0.25) is 5.91 Å². The largest absolute Gasteiger partial charge is 0.352 e. The number of benzene rings is 1. The van der Waals surface area contributed by atoms with Gasteiger partial charge in [0.1, 0.15) is 0 Å². The Balaban J connectivity index is 1.06. The van der Waals surface area contributed by atoms with Gasteiger partial charge in [-0.1, -0.05) is 25.0 Å². The molecule has 2 aromatic rings. The van der Waals surface area contributed by atoms with Crippen molar-refractivity contribution in [3.63, 3.8) is 0 Å². The normalized spacial score (nSPS) is 25.7. The lowest BCUT2D eigenvalue weighted by Gasteiger charge is -2.35. The van der Waals surface area contributed by atoms with Gasteiger partial charge in [0.15, 0.2) is 5.82 Å². The van der Waals surface area contributed by atoms with Crippen molar-refractivity contribution in [1.82, 2.24) is 20.0 Å². The Labute approximate surface area is 173 Å². The molecule has 1 aliphatic carbocycles. The number of rotatable bonds is 6. The van der Waals surface area contributed by atoms with E-state index < -0.39 is 0 Å². The third-order valence-electron chi connectivity index (χ3n) is 7.27. The van der Waals surface area contributed by atoms with Crippen LogP contribution in [0.15, 0.2) is 24.3 Å². The number of unbranched alkanes of at least 4 members (excludes halogenated alkanes) is 1. The van der Waals surface area contributed by atoms with Crippen LogP contribution in [0.5, 0.6) is 0 Å². The van der Waals surface area contributed by atoms with E-state index in [1.165, 1.54) is 37.5 Å². The lowest BCUT2D eigenvalue weighted by atomic mass is 9.85. The van der Waals surface area contributed by atoms with Gasteiger partial charge >= 0.3 is 0 Å². The summed E-state index contributed by atoms with van der Waals surface area (Å²) >= 11 is 0. The van der Waals surface area contributed by atoms with Crippen molar-refractivity contribution in [3.8, 4) is 0 Å². The Morgan fingerprint density at radius 2 is 1.79 bits per heavy atom. The lowest BCUT2D eigenvalue weighted by molar-refractivity contribution is -0.129. The Hall–Kier alpha value is -2.08. The highest BCUT2D eigenvalue weighted by Crippen LogP contribution is 2.36. The maximum Gasteiger partial charge on any atom is 0.223 e. The van der Waals surface area contributed by atoms with Gasteiger partial charge in [0.25, 0.3) is 0 Å². The number of aromatic amines is 1. The van der Waals surface area contributed by atoms with Gasteiger partial charge in [0.05, 0.1) is 5.52 Å². The van der Waals surface area contributed by atoms with E-state index in [4.69, 9.17) is 0 Å². The maximum absolute atomic E-state index is 12.4. The van der Waals surface area contributed by atoms with Crippen molar-refractivity contribution in [2.45, 2.75) is 51.0 Å². The summed E-state index contributed by atoms with van der Waals surface area (Å²) < 4.78 is 0. The molecule has 0 radical (unpaired) electrons. The number of nitrogens with one attached hydrogen (secondary N) is 1. The summed E-state index contributed by atoms with van der Waals surface area (Å²) in [5, 5.41) is 8.92. The minimum atomic E-state index is 0.418. The van der Waals surface area contributed by atoms with Crippen molar-refractivity contribution in [2.75, 3.05) is 44.2 Å². The van der Waals surface area contributed by atoms with E-state index in [1.807, 2.05) is 6.07 Å². The molecule has 156 valence electrons. The average Bonchev–Trinajstić information content (AvgIpc) is 3.32. The Bertz CT molecular complexity index is 841. The fourth-order valence-electron chi connectivity index (χ4n) is 5.64. The maximum atomic E-state index is 12.4. The number of anilines is 1. The van der Waals surface area contributed by atoms with Crippen molar-refractivity contribution >= 4 is 22.6 Å². The van der Waals surface area contributed by atoms with Crippen LogP contribution < -0.4 is 4.90 Å². The van der Waals surface area contributed by atoms with Gasteiger partial charge < -0.3 is 9.80 Å². The molecule has 2 atom stereocenters.